The van der Waals surface area contributed by atoms with E-state index in [-0.39, 0.29) is 26.2 Å². The largest absolute Gasteiger partial charge is 0.494 e. The third-order valence-corrected chi connectivity index (χ3v) is 4.24. The van der Waals surface area contributed by atoms with Crippen LogP contribution in [0.15, 0.2) is 54.6 Å². The van der Waals surface area contributed by atoms with Crippen molar-refractivity contribution in [2.75, 3.05) is 6.61 Å². The highest BCUT2D eigenvalue weighted by atomic mass is 16.6. The number of amides is 2. The molecule has 2 aromatic carbocycles. The van der Waals surface area contributed by atoms with Gasteiger partial charge in [0.25, 0.3) is 0 Å². The number of rotatable bonds is 10. The van der Waals surface area contributed by atoms with Crippen molar-refractivity contribution in [2.24, 2.45) is 0 Å². The summed E-state index contributed by atoms with van der Waals surface area (Å²) >= 11 is 0. The monoisotopic (exact) mass is 458 g/mol. The van der Waals surface area contributed by atoms with Crippen molar-refractivity contribution >= 4 is 18.2 Å². The summed E-state index contributed by atoms with van der Waals surface area (Å²) in [5.74, 6) is -0.642. The average Bonchev–Trinajstić information content (AvgIpc) is 2.75. The van der Waals surface area contributed by atoms with Crippen LogP contribution in [0.3, 0.4) is 0 Å². The lowest BCUT2D eigenvalue weighted by Crippen LogP contribution is -2.44. The highest BCUT2D eigenvalue weighted by Crippen LogP contribution is 2.13. The van der Waals surface area contributed by atoms with E-state index in [1.807, 2.05) is 30.3 Å². The van der Waals surface area contributed by atoms with Crippen molar-refractivity contribution in [1.29, 1.82) is 0 Å². The molecule has 2 amide bonds. The molecule has 2 aromatic rings. The molecule has 33 heavy (non-hydrogen) atoms. The smallest absolute Gasteiger partial charge is 0.408 e. The molecule has 0 aliphatic rings. The van der Waals surface area contributed by atoms with E-state index < -0.39 is 29.8 Å². The molecule has 2 rings (SSSR count). The van der Waals surface area contributed by atoms with Crippen LogP contribution >= 0.6 is 0 Å². The zero-order valence-electron chi connectivity index (χ0n) is 19.0. The van der Waals surface area contributed by atoms with Crippen LogP contribution in [0.4, 0.5) is 9.59 Å². The van der Waals surface area contributed by atoms with Crippen LogP contribution in [0, 0.1) is 0 Å². The number of hydrogen-bond acceptors (Lipinski definition) is 6. The first-order valence-electron chi connectivity index (χ1n) is 10.5. The number of hydrogen-bond donors (Lipinski definition) is 3. The minimum Gasteiger partial charge on any atom is -0.494 e. The first-order valence-corrected chi connectivity index (χ1v) is 10.5. The Hall–Kier alpha value is -3.75. The van der Waals surface area contributed by atoms with E-state index >= 15 is 0 Å². The molecular weight excluding hydrogens is 428 g/mol. The van der Waals surface area contributed by atoms with Crippen molar-refractivity contribution in [3.05, 3.63) is 65.7 Å². The third kappa shape index (κ3) is 10.4. The SMILES string of the molecule is CC(C)(C)OC(=O)N[C@@H](CCOc1ccc(CNC(=O)OCc2ccccc2)cc1)C(=O)O. The Morgan fingerprint density at radius 2 is 1.61 bits per heavy atom. The molecule has 9 nitrogen and oxygen atoms in total. The number of nitrogens with one attached hydrogen (secondary N) is 2. The Labute approximate surface area is 193 Å². The van der Waals surface area contributed by atoms with Crippen LogP contribution in [0.5, 0.6) is 5.75 Å². The third-order valence-electron chi connectivity index (χ3n) is 4.24. The molecule has 0 saturated carbocycles. The molecule has 0 spiro atoms. The first-order chi connectivity index (χ1) is 15.6. The molecular formula is C24H30N2O7. The van der Waals surface area contributed by atoms with Gasteiger partial charge < -0.3 is 30.0 Å². The Balaban J connectivity index is 1.71. The fraction of sp³-hybridized carbons (Fsp3) is 0.375. The van der Waals surface area contributed by atoms with Gasteiger partial charge in [0.1, 0.15) is 24.0 Å². The predicted molar refractivity (Wildman–Crippen MR) is 121 cm³/mol. The van der Waals surface area contributed by atoms with Gasteiger partial charge >= 0.3 is 18.2 Å². The number of carboxylic acid groups (broad SMARTS) is 1. The van der Waals surface area contributed by atoms with Gasteiger partial charge in [-0.2, -0.15) is 0 Å². The van der Waals surface area contributed by atoms with Gasteiger partial charge in [-0.25, -0.2) is 14.4 Å². The molecule has 9 heteroatoms. The highest BCUT2D eigenvalue weighted by Gasteiger charge is 2.23. The van der Waals surface area contributed by atoms with Gasteiger partial charge in [0.15, 0.2) is 0 Å². The number of ether oxygens (including phenoxy) is 3. The maximum absolute atomic E-state index is 11.8. The zero-order chi connectivity index (χ0) is 24.3. The summed E-state index contributed by atoms with van der Waals surface area (Å²) in [6, 6.07) is 15.2. The van der Waals surface area contributed by atoms with Gasteiger partial charge in [-0.1, -0.05) is 42.5 Å². The second-order valence-corrected chi connectivity index (χ2v) is 8.23. The summed E-state index contributed by atoms with van der Waals surface area (Å²) in [6.45, 7) is 5.64. The summed E-state index contributed by atoms with van der Waals surface area (Å²) < 4.78 is 15.8. The second kappa shape index (κ2) is 12.3. The van der Waals surface area contributed by atoms with Crippen molar-refractivity contribution < 1.29 is 33.7 Å². The van der Waals surface area contributed by atoms with Gasteiger partial charge in [0.2, 0.25) is 0 Å². The number of benzene rings is 2. The van der Waals surface area contributed by atoms with Gasteiger partial charge in [0, 0.05) is 13.0 Å². The Bertz CT molecular complexity index is 909. The van der Waals surface area contributed by atoms with Crippen LogP contribution in [-0.4, -0.2) is 41.5 Å². The number of carbonyl (C=O) groups excluding carboxylic acids is 2. The summed E-state index contributed by atoms with van der Waals surface area (Å²) in [6.07, 6.45) is -1.25. The summed E-state index contributed by atoms with van der Waals surface area (Å²) in [7, 11) is 0. The molecule has 0 fully saturated rings. The van der Waals surface area contributed by atoms with Gasteiger partial charge in [-0.05, 0) is 44.0 Å². The summed E-state index contributed by atoms with van der Waals surface area (Å²) in [5, 5.41) is 14.3. The molecule has 0 radical (unpaired) electrons. The minimum atomic E-state index is -1.18. The molecule has 0 bridgehead atoms. The molecule has 0 saturated heterocycles. The first kappa shape index (κ1) is 25.5. The lowest BCUT2D eigenvalue weighted by atomic mass is 10.2. The van der Waals surface area contributed by atoms with E-state index in [4.69, 9.17) is 14.2 Å². The fourth-order valence-corrected chi connectivity index (χ4v) is 2.65. The maximum Gasteiger partial charge on any atom is 0.408 e. The molecule has 178 valence electrons. The Morgan fingerprint density at radius 3 is 2.21 bits per heavy atom. The molecule has 0 aliphatic heterocycles. The van der Waals surface area contributed by atoms with E-state index in [1.54, 1.807) is 45.0 Å². The lowest BCUT2D eigenvalue weighted by molar-refractivity contribution is -0.139. The van der Waals surface area contributed by atoms with Gasteiger partial charge in [-0.15, -0.1) is 0 Å². The lowest BCUT2D eigenvalue weighted by Gasteiger charge is -2.22. The van der Waals surface area contributed by atoms with Crippen LogP contribution in [0.25, 0.3) is 0 Å². The molecule has 3 N–H and O–H groups in total. The molecule has 0 aliphatic carbocycles. The highest BCUT2D eigenvalue weighted by molar-refractivity contribution is 5.80. The number of carboxylic acids is 1. The zero-order valence-corrected chi connectivity index (χ0v) is 19.0. The Kier molecular flexibility index (Phi) is 9.53. The van der Waals surface area contributed by atoms with Crippen LogP contribution in [0.2, 0.25) is 0 Å². The van der Waals surface area contributed by atoms with Gasteiger partial charge in [-0.3, -0.25) is 0 Å². The minimum absolute atomic E-state index is 0.0607. The second-order valence-electron chi connectivity index (χ2n) is 8.23. The van der Waals surface area contributed by atoms with Crippen molar-refractivity contribution in [3.63, 3.8) is 0 Å². The number of carbonyl (C=O) groups is 3. The maximum atomic E-state index is 11.8. The molecule has 0 heterocycles. The van der Waals surface area contributed by atoms with E-state index in [9.17, 15) is 19.5 Å². The quantitative estimate of drug-likeness (QED) is 0.494. The number of alkyl carbamates (subject to hydrolysis) is 2. The van der Waals surface area contributed by atoms with Crippen LogP contribution < -0.4 is 15.4 Å². The molecule has 0 unspecified atom stereocenters. The van der Waals surface area contributed by atoms with Crippen molar-refractivity contribution in [2.45, 2.75) is 52.0 Å². The van der Waals surface area contributed by atoms with E-state index in [2.05, 4.69) is 10.6 Å². The molecule has 0 aromatic heterocycles. The average molecular weight is 459 g/mol. The predicted octanol–water partition coefficient (Wildman–Crippen LogP) is 3.86. The van der Waals surface area contributed by atoms with Crippen molar-refractivity contribution in [3.8, 4) is 5.75 Å². The normalized spacial score (nSPS) is 11.7. The van der Waals surface area contributed by atoms with E-state index in [1.165, 1.54) is 0 Å². The topological polar surface area (TPSA) is 123 Å². The fourth-order valence-electron chi connectivity index (χ4n) is 2.65. The van der Waals surface area contributed by atoms with E-state index in [0.29, 0.717) is 5.75 Å². The summed E-state index contributed by atoms with van der Waals surface area (Å²) in [4.78, 5) is 35.0. The van der Waals surface area contributed by atoms with Gasteiger partial charge in [0.05, 0.1) is 6.61 Å². The molecule has 1 atom stereocenters. The summed E-state index contributed by atoms with van der Waals surface area (Å²) in [5.41, 5.74) is 1.02. The van der Waals surface area contributed by atoms with Crippen molar-refractivity contribution in [1.82, 2.24) is 10.6 Å². The Morgan fingerprint density at radius 1 is 0.939 bits per heavy atom. The van der Waals surface area contributed by atoms with E-state index in [0.717, 1.165) is 11.1 Å². The van der Waals surface area contributed by atoms with Crippen LogP contribution in [-0.2, 0) is 27.4 Å². The standard InChI is InChI=1S/C24H30N2O7/c1-24(2,3)33-23(30)26-20(21(27)28)13-14-31-19-11-9-17(10-12-19)15-25-22(29)32-16-18-7-5-4-6-8-18/h4-12,20H,13-16H2,1-3H3,(H,25,29)(H,26,30)(H,27,28)/t20-/m0/s1. The van der Waals surface area contributed by atoms with Crippen LogP contribution in [0.1, 0.15) is 38.3 Å². The number of aliphatic carboxylic acids is 1.